The van der Waals surface area contributed by atoms with Crippen molar-refractivity contribution in [1.29, 1.82) is 0 Å². The predicted molar refractivity (Wildman–Crippen MR) is 111 cm³/mol. The predicted octanol–water partition coefficient (Wildman–Crippen LogP) is 3.67. The van der Waals surface area contributed by atoms with Gasteiger partial charge in [-0.15, -0.1) is 0 Å². The fourth-order valence-electron chi connectivity index (χ4n) is 3.69. The van der Waals surface area contributed by atoms with Gasteiger partial charge in [-0.25, -0.2) is 14.4 Å². The van der Waals surface area contributed by atoms with Crippen LogP contribution >= 0.6 is 0 Å². The highest BCUT2D eigenvalue weighted by Gasteiger charge is 2.27. The van der Waals surface area contributed by atoms with E-state index < -0.39 is 0 Å². The van der Waals surface area contributed by atoms with Gasteiger partial charge in [0.15, 0.2) is 5.82 Å². The fourth-order valence-corrected chi connectivity index (χ4v) is 3.69. The monoisotopic (exact) mass is 380 g/mol. The second kappa shape index (κ2) is 7.67. The number of anilines is 2. The fraction of sp³-hybridized carbons (Fsp3) is 0.381. The number of aromatic nitrogens is 3. The van der Waals surface area contributed by atoms with E-state index in [1.165, 1.54) is 12.5 Å². The highest BCUT2D eigenvalue weighted by Crippen LogP contribution is 2.30. The lowest BCUT2D eigenvalue weighted by atomic mass is 9.83. The maximum Gasteiger partial charge on any atom is 0.154 e. The van der Waals surface area contributed by atoms with Crippen LogP contribution in [0.2, 0.25) is 0 Å². The van der Waals surface area contributed by atoms with Crippen molar-refractivity contribution in [2.24, 2.45) is 5.41 Å². The number of nitrogens with zero attached hydrogens (tertiary/aromatic N) is 3. The van der Waals surface area contributed by atoms with Crippen molar-refractivity contribution in [2.45, 2.75) is 19.8 Å². The molecule has 3 N–H and O–H groups in total. The maximum atomic E-state index is 14.3. The minimum Gasteiger partial charge on any atom is -0.386 e. The average Bonchev–Trinajstić information content (AvgIpc) is 2.72. The van der Waals surface area contributed by atoms with Gasteiger partial charge in [0.1, 0.15) is 11.3 Å². The van der Waals surface area contributed by atoms with Gasteiger partial charge in [-0.1, -0.05) is 13.0 Å². The molecule has 2 aromatic heterocycles. The van der Waals surface area contributed by atoms with E-state index in [1.807, 2.05) is 12.1 Å². The van der Waals surface area contributed by atoms with Gasteiger partial charge in [-0.3, -0.25) is 4.98 Å². The van der Waals surface area contributed by atoms with Crippen LogP contribution in [0.25, 0.3) is 22.3 Å². The summed E-state index contributed by atoms with van der Waals surface area (Å²) in [6, 6.07) is 6.92. The highest BCUT2D eigenvalue weighted by molar-refractivity contribution is 5.88. The van der Waals surface area contributed by atoms with Crippen molar-refractivity contribution < 1.29 is 4.39 Å². The normalized spacial score (nSPS) is 19.5. The zero-order valence-electron chi connectivity index (χ0n) is 16.2. The lowest BCUT2D eigenvalue weighted by Crippen LogP contribution is -2.42. The molecule has 1 aliphatic heterocycles. The quantitative estimate of drug-likeness (QED) is 0.627. The summed E-state index contributed by atoms with van der Waals surface area (Å²) in [4.78, 5) is 13.7. The standard InChI is InChI=1S/C21H25FN6/c1-21(6-3-7-24-12-21)13-27-20-19-18(25-8-9-26-19)11-17(28-20)14-4-5-16(23-2)15(22)10-14/h4-5,8-11,23-24H,3,6-7,12-13H2,1-2H3,(H,27,28). The van der Waals surface area contributed by atoms with Crippen LogP contribution in [0.1, 0.15) is 19.8 Å². The Balaban J connectivity index is 1.70. The molecule has 1 atom stereocenters. The van der Waals surface area contributed by atoms with Crippen LogP contribution in [0.5, 0.6) is 0 Å². The summed E-state index contributed by atoms with van der Waals surface area (Å²) in [6.45, 7) is 5.11. The first kappa shape index (κ1) is 18.6. The number of hydrogen-bond donors (Lipinski definition) is 3. The Labute approximate surface area is 164 Å². The third-order valence-electron chi connectivity index (χ3n) is 5.36. The van der Waals surface area contributed by atoms with Gasteiger partial charge in [-0.05, 0) is 43.0 Å². The molecule has 0 radical (unpaired) electrons. The topological polar surface area (TPSA) is 74.8 Å². The van der Waals surface area contributed by atoms with Gasteiger partial charge < -0.3 is 16.0 Å². The van der Waals surface area contributed by atoms with Gasteiger partial charge in [-0.2, -0.15) is 0 Å². The molecule has 0 amide bonds. The van der Waals surface area contributed by atoms with E-state index in [2.05, 4.69) is 32.8 Å². The van der Waals surface area contributed by atoms with Crippen molar-refractivity contribution >= 4 is 22.5 Å². The second-order valence-corrected chi connectivity index (χ2v) is 7.67. The van der Waals surface area contributed by atoms with E-state index in [4.69, 9.17) is 4.98 Å². The molecule has 4 rings (SSSR count). The Hall–Kier alpha value is -2.80. The highest BCUT2D eigenvalue weighted by atomic mass is 19.1. The molecule has 1 fully saturated rings. The van der Waals surface area contributed by atoms with Crippen LogP contribution in [0.4, 0.5) is 15.9 Å². The van der Waals surface area contributed by atoms with Gasteiger partial charge in [0.2, 0.25) is 0 Å². The van der Waals surface area contributed by atoms with Crippen molar-refractivity contribution in [1.82, 2.24) is 20.3 Å². The molecule has 0 spiro atoms. The SMILES string of the molecule is CNc1ccc(-c2cc3nccnc3c(NCC3(C)CCCNC3)n2)cc1F. The molecule has 3 aromatic rings. The Morgan fingerprint density at radius 2 is 2.07 bits per heavy atom. The Kier molecular flexibility index (Phi) is 5.09. The molecule has 146 valence electrons. The van der Waals surface area contributed by atoms with E-state index in [-0.39, 0.29) is 11.2 Å². The van der Waals surface area contributed by atoms with Gasteiger partial charge in [0.05, 0.1) is 16.9 Å². The molecule has 1 saturated heterocycles. The molecule has 3 heterocycles. The molecular formula is C21H25FN6. The Bertz CT molecular complexity index is 984. The molecule has 0 aliphatic carbocycles. The lowest BCUT2D eigenvalue weighted by molar-refractivity contribution is 0.253. The van der Waals surface area contributed by atoms with Crippen molar-refractivity contribution in [3.05, 3.63) is 42.5 Å². The minimum atomic E-state index is -0.309. The van der Waals surface area contributed by atoms with Crippen LogP contribution in [0.15, 0.2) is 36.7 Å². The molecule has 6 nitrogen and oxygen atoms in total. The van der Waals surface area contributed by atoms with E-state index in [0.29, 0.717) is 22.8 Å². The third-order valence-corrected chi connectivity index (χ3v) is 5.36. The average molecular weight is 380 g/mol. The number of benzene rings is 1. The first-order valence-corrected chi connectivity index (χ1v) is 9.62. The summed E-state index contributed by atoms with van der Waals surface area (Å²) in [5.74, 6) is 0.377. The van der Waals surface area contributed by atoms with Gasteiger partial charge in [0, 0.05) is 38.1 Å². The number of piperidine rings is 1. The summed E-state index contributed by atoms with van der Waals surface area (Å²) >= 11 is 0. The van der Waals surface area contributed by atoms with Gasteiger partial charge >= 0.3 is 0 Å². The number of rotatable bonds is 5. The summed E-state index contributed by atoms with van der Waals surface area (Å²) in [5.41, 5.74) is 3.46. The number of halogens is 1. The third kappa shape index (κ3) is 3.75. The Morgan fingerprint density at radius 1 is 1.21 bits per heavy atom. The molecule has 0 bridgehead atoms. The molecule has 28 heavy (non-hydrogen) atoms. The van der Waals surface area contributed by atoms with Crippen LogP contribution in [0, 0.1) is 11.2 Å². The second-order valence-electron chi connectivity index (χ2n) is 7.67. The first-order chi connectivity index (χ1) is 13.6. The minimum absolute atomic E-state index is 0.158. The largest absolute Gasteiger partial charge is 0.386 e. The van der Waals surface area contributed by atoms with Crippen LogP contribution in [0.3, 0.4) is 0 Å². The number of nitrogens with one attached hydrogen (secondary N) is 3. The van der Waals surface area contributed by atoms with E-state index >= 15 is 0 Å². The van der Waals surface area contributed by atoms with E-state index in [9.17, 15) is 4.39 Å². The van der Waals surface area contributed by atoms with Crippen molar-refractivity contribution in [3.63, 3.8) is 0 Å². The van der Waals surface area contributed by atoms with Crippen molar-refractivity contribution in [3.8, 4) is 11.3 Å². The van der Waals surface area contributed by atoms with Crippen molar-refractivity contribution in [2.75, 3.05) is 37.3 Å². The number of hydrogen-bond acceptors (Lipinski definition) is 6. The first-order valence-electron chi connectivity index (χ1n) is 9.62. The van der Waals surface area contributed by atoms with Crippen LogP contribution < -0.4 is 16.0 Å². The van der Waals surface area contributed by atoms with Crippen LogP contribution in [-0.4, -0.2) is 41.6 Å². The lowest BCUT2D eigenvalue weighted by Gasteiger charge is -2.34. The summed E-state index contributed by atoms with van der Waals surface area (Å²) in [7, 11) is 1.70. The molecule has 7 heteroatoms. The van der Waals surface area contributed by atoms with Crippen LogP contribution in [-0.2, 0) is 0 Å². The molecule has 0 saturated carbocycles. The summed E-state index contributed by atoms with van der Waals surface area (Å²) in [5, 5.41) is 9.79. The maximum absolute atomic E-state index is 14.3. The summed E-state index contributed by atoms with van der Waals surface area (Å²) < 4.78 is 14.3. The molecule has 1 unspecified atom stereocenters. The smallest absolute Gasteiger partial charge is 0.154 e. The zero-order chi connectivity index (χ0) is 19.6. The number of pyridine rings is 1. The van der Waals surface area contributed by atoms with E-state index in [0.717, 1.165) is 37.1 Å². The molecular weight excluding hydrogens is 355 g/mol. The Morgan fingerprint density at radius 3 is 2.82 bits per heavy atom. The van der Waals surface area contributed by atoms with Gasteiger partial charge in [0.25, 0.3) is 0 Å². The summed E-state index contributed by atoms with van der Waals surface area (Å²) in [6.07, 6.45) is 5.66. The molecule has 1 aromatic carbocycles. The molecule has 1 aliphatic rings. The number of fused-ring (bicyclic) bond motifs is 1. The van der Waals surface area contributed by atoms with E-state index in [1.54, 1.807) is 25.5 Å². The zero-order valence-corrected chi connectivity index (χ0v) is 16.2.